The molecule has 1 aliphatic carbocycles. The Morgan fingerprint density at radius 3 is 2.50 bits per heavy atom. The summed E-state index contributed by atoms with van der Waals surface area (Å²) in [6.45, 7) is 8.93. The molecule has 88 valence electrons. The largest absolute Gasteiger partial charge is 0.312 e. The molecule has 2 rings (SSSR count). The summed E-state index contributed by atoms with van der Waals surface area (Å²) < 4.78 is 0. The van der Waals surface area contributed by atoms with E-state index in [-0.39, 0.29) is 0 Å². The Kier molecular flexibility index (Phi) is 3.34. The molecular weight excluding hydrogens is 194 g/mol. The Morgan fingerprint density at radius 1 is 1.19 bits per heavy atom. The molecule has 0 unspecified atom stereocenters. The van der Waals surface area contributed by atoms with Crippen LogP contribution >= 0.6 is 0 Å². The third-order valence-electron chi connectivity index (χ3n) is 4.01. The molecule has 1 heteroatoms. The average Bonchev–Trinajstić information content (AvgIpc) is 2.21. The van der Waals surface area contributed by atoms with Gasteiger partial charge < -0.3 is 5.32 Å². The van der Waals surface area contributed by atoms with Crippen LogP contribution < -0.4 is 5.32 Å². The maximum Gasteiger partial charge on any atom is 0.0205 e. The molecule has 16 heavy (non-hydrogen) atoms. The zero-order valence-electron chi connectivity index (χ0n) is 10.8. The van der Waals surface area contributed by atoms with Crippen LogP contribution in [-0.4, -0.2) is 6.54 Å². The third-order valence-corrected chi connectivity index (χ3v) is 4.01. The maximum atomic E-state index is 3.59. The van der Waals surface area contributed by atoms with Gasteiger partial charge in [-0.15, -0.1) is 0 Å². The van der Waals surface area contributed by atoms with E-state index in [0.29, 0.717) is 5.41 Å². The first kappa shape index (κ1) is 11.7. The van der Waals surface area contributed by atoms with Gasteiger partial charge in [-0.25, -0.2) is 0 Å². The van der Waals surface area contributed by atoms with Crippen molar-refractivity contribution in [3.63, 3.8) is 0 Å². The van der Waals surface area contributed by atoms with E-state index in [9.17, 15) is 0 Å². The minimum atomic E-state index is 0.583. The van der Waals surface area contributed by atoms with Crippen molar-refractivity contribution < 1.29 is 0 Å². The van der Waals surface area contributed by atoms with Crippen LogP contribution in [0.25, 0.3) is 0 Å². The highest BCUT2D eigenvalue weighted by Crippen LogP contribution is 2.39. The fourth-order valence-electron chi connectivity index (χ4n) is 2.38. The lowest BCUT2D eigenvalue weighted by atomic mass is 9.70. The molecule has 1 nitrogen and oxygen atoms in total. The van der Waals surface area contributed by atoms with E-state index in [1.54, 1.807) is 0 Å². The van der Waals surface area contributed by atoms with Crippen LogP contribution in [0.1, 0.15) is 42.9 Å². The number of benzene rings is 1. The first-order valence-electron chi connectivity index (χ1n) is 6.36. The molecule has 1 aliphatic rings. The lowest BCUT2D eigenvalue weighted by Gasteiger charge is -2.38. The quantitative estimate of drug-likeness (QED) is 0.813. The number of hydrogen-bond donors (Lipinski definition) is 1. The molecule has 1 aromatic carbocycles. The molecule has 0 heterocycles. The Morgan fingerprint density at radius 2 is 1.94 bits per heavy atom. The van der Waals surface area contributed by atoms with Gasteiger partial charge in [-0.05, 0) is 48.8 Å². The van der Waals surface area contributed by atoms with Crippen molar-refractivity contribution in [1.29, 1.82) is 0 Å². The fourth-order valence-corrected chi connectivity index (χ4v) is 2.38. The molecule has 1 fully saturated rings. The van der Waals surface area contributed by atoms with Crippen LogP contribution in [0.5, 0.6) is 0 Å². The van der Waals surface area contributed by atoms with E-state index in [0.717, 1.165) is 6.54 Å². The zero-order chi connectivity index (χ0) is 11.6. The SMILES string of the molecule is Cc1ccc(CNCC2(C)CCC2)cc1C. The van der Waals surface area contributed by atoms with Crippen LogP contribution in [0.15, 0.2) is 18.2 Å². The predicted octanol–water partition coefficient (Wildman–Crippen LogP) is 3.58. The van der Waals surface area contributed by atoms with E-state index >= 15 is 0 Å². The topological polar surface area (TPSA) is 12.0 Å². The van der Waals surface area contributed by atoms with E-state index in [1.165, 1.54) is 42.5 Å². The number of hydrogen-bond acceptors (Lipinski definition) is 1. The van der Waals surface area contributed by atoms with Crippen molar-refractivity contribution in [2.75, 3.05) is 6.54 Å². The molecule has 0 aliphatic heterocycles. The van der Waals surface area contributed by atoms with E-state index in [1.807, 2.05) is 0 Å². The van der Waals surface area contributed by atoms with Crippen molar-refractivity contribution in [2.45, 2.75) is 46.6 Å². The summed E-state index contributed by atoms with van der Waals surface area (Å²) in [5.74, 6) is 0. The van der Waals surface area contributed by atoms with Gasteiger partial charge in [0, 0.05) is 13.1 Å². The third kappa shape index (κ3) is 2.65. The minimum Gasteiger partial charge on any atom is -0.312 e. The first-order chi connectivity index (χ1) is 7.59. The van der Waals surface area contributed by atoms with Gasteiger partial charge in [0.05, 0.1) is 0 Å². The number of rotatable bonds is 4. The van der Waals surface area contributed by atoms with Gasteiger partial charge >= 0.3 is 0 Å². The highest BCUT2D eigenvalue weighted by molar-refractivity contribution is 5.29. The van der Waals surface area contributed by atoms with Crippen LogP contribution in [0, 0.1) is 19.3 Å². The molecule has 0 saturated heterocycles. The van der Waals surface area contributed by atoms with Crippen LogP contribution in [0.4, 0.5) is 0 Å². The van der Waals surface area contributed by atoms with E-state index in [2.05, 4.69) is 44.3 Å². The molecule has 0 aromatic heterocycles. The molecule has 1 saturated carbocycles. The summed E-state index contributed by atoms with van der Waals surface area (Å²) in [5, 5.41) is 3.59. The fraction of sp³-hybridized carbons (Fsp3) is 0.600. The Bertz CT molecular complexity index is 364. The van der Waals surface area contributed by atoms with Crippen molar-refractivity contribution in [3.05, 3.63) is 34.9 Å². The van der Waals surface area contributed by atoms with Crippen molar-refractivity contribution in [3.8, 4) is 0 Å². The summed E-state index contributed by atoms with van der Waals surface area (Å²) in [7, 11) is 0. The summed E-state index contributed by atoms with van der Waals surface area (Å²) in [4.78, 5) is 0. The number of nitrogens with one attached hydrogen (secondary N) is 1. The van der Waals surface area contributed by atoms with E-state index < -0.39 is 0 Å². The van der Waals surface area contributed by atoms with Crippen molar-refractivity contribution >= 4 is 0 Å². The van der Waals surface area contributed by atoms with Gasteiger partial charge in [0.15, 0.2) is 0 Å². The Hall–Kier alpha value is -0.820. The maximum absolute atomic E-state index is 3.59. The van der Waals surface area contributed by atoms with Crippen LogP contribution in [-0.2, 0) is 6.54 Å². The average molecular weight is 217 g/mol. The van der Waals surface area contributed by atoms with Gasteiger partial charge in [0.25, 0.3) is 0 Å². The molecule has 0 radical (unpaired) electrons. The van der Waals surface area contributed by atoms with Crippen LogP contribution in [0.2, 0.25) is 0 Å². The molecule has 0 bridgehead atoms. The van der Waals surface area contributed by atoms with Gasteiger partial charge in [-0.2, -0.15) is 0 Å². The van der Waals surface area contributed by atoms with Crippen molar-refractivity contribution in [2.24, 2.45) is 5.41 Å². The zero-order valence-corrected chi connectivity index (χ0v) is 10.8. The summed E-state index contributed by atoms with van der Waals surface area (Å²) in [5.41, 5.74) is 4.77. The molecular formula is C15H23N. The summed E-state index contributed by atoms with van der Waals surface area (Å²) in [6, 6.07) is 6.75. The molecule has 0 amide bonds. The second-order valence-corrected chi connectivity index (χ2v) is 5.69. The van der Waals surface area contributed by atoms with Gasteiger partial charge in [0.1, 0.15) is 0 Å². The van der Waals surface area contributed by atoms with E-state index in [4.69, 9.17) is 0 Å². The molecule has 0 spiro atoms. The first-order valence-corrected chi connectivity index (χ1v) is 6.36. The standard InChI is InChI=1S/C15H23N/c1-12-5-6-14(9-13(12)2)10-16-11-15(3)7-4-8-15/h5-6,9,16H,4,7-8,10-11H2,1-3H3. The second-order valence-electron chi connectivity index (χ2n) is 5.69. The van der Waals surface area contributed by atoms with Crippen LogP contribution in [0.3, 0.4) is 0 Å². The monoisotopic (exact) mass is 217 g/mol. The smallest absolute Gasteiger partial charge is 0.0205 e. The highest BCUT2D eigenvalue weighted by atomic mass is 14.9. The lowest BCUT2D eigenvalue weighted by molar-refractivity contribution is 0.156. The van der Waals surface area contributed by atoms with Gasteiger partial charge in [-0.3, -0.25) is 0 Å². The Balaban J connectivity index is 1.83. The lowest BCUT2D eigenvalue weighted by Crippen LogP contribution is -2.36. The summed E-state index contributed by atoms with van der Waals surface area (Å²) >= 11 is 0. The van der Waals surface area contributed by atoms with Crippen molar-refractivity contribution in [1.82, 2.24) is 5.32 Å². The normalized spacial score (nSPS) is 18.2. The predicted molar refractivity (Wildman–Crippen MR) is 69.6 cm³/mol. The molecule has 1 N–H and O–H groups in total. The summed E-state index contributed by atoms with van der Waals surface area (Å²) in [6.07, 6.45) is 4.21. The molecule has 0 atom stereocenters. The second kappa shape index (κ2) is 4.58. The highest BCUT2D eigenvalue weighted by Gasteiger charge is 2.30. The number of aryl methyl sites for hydroxylation is 2. The molecule has 1 aromatic rings. The van der Waals surface area contributed by atoms with Gasteiger partial charge in [0.2, 0.25) is 0 Å². The minimum absolute atomic E-state index is 0.583. The Labute approximate surface area is 99.3 Å². The van der Waals surface area contributed by atoms with Gasteiger partial charge in [-0.1, -0.05) is 31.5 Å².